The van der Waals surface area contributed by atoms with E-state index in [0.29, 0.717) is 5.92 Å². The topological polar surface area (TPSA) is 9.23 Å². The van der Waals surface area contributed by atoms with E-state index in [2.05, 4.69) is 20.8 Å². The summed E-state index contributed by atoms with van der Waals surface area (Å²) in [5.74, 6) is 0.692. The minimum Gasteiger partial charge on any atom is -0.381 e. The molecule has 1 nitrogen and oxygen atoms in total. The van der Waals surface area contributed by atoms with Gasteiger partial charge in [-0.25, -0.2) is 0 Å². The Hall–Kier alpha value is -0.0400. The number of rotatable bonds is 3. The zero-order valence-corrected chi connectivity index (χ0v) is 5.98. The third-order valence-electron chi connectivity index (χ3n) is 1.07. The summed E-state index contributed by atoms with van der Waals surface area (Å²) >= 11 is 0. The molecule has 0 N–H and O–H groups in total. The molecule has 0 spiro atoms. The van der Waals surface area contributed by atoms with Crippen LogP contribution in [0.25, 0.3) is 0 Å². The van der Waals surface area contributed by atoms with Crippen LogP contribution in [0.4, 0.5) is 0 Å². The second-order valence-corrected chi connectivity index (χ2v) is 2.49. The largest absolute Gasteiger partial charge is 0.381 e. The minimum atomic E-state index is 0.176. The van der Waals surface area contributed by atoms with Crippen LogP contribution in [0.2, 0.25) is 0 Å². The lowest BCUT2D eigenvalue weighted by Crippen LogP contribution is -2.08. The monoisotopic (exact) mass is 115 g/mol. The first-order valence-electron chi connectivity index (χ1n) is 3.02. The molecule has 8 heavy (non-hydrogen) atoms. The van der Waals surface area contributed by atoms with Crippen molar-refractivity contribution in [3.63, 3.8) is 0 Å². The summed E-state index contributed by atoms with van der Waals surface area (Å²) in [6.07, 6.45) is 1.23. The van der Waals surface area contributed by atoms with E-state index in [1.165, 1.54) is 0 Å². The Morgan fingerprint density at radius 3 is 2.12 bits per heavy atom. The molecule has 0 aromatic carbocycles. The lowest BCUT2D eigenvalue weighted by Gasteiger charge is -2.10. The van der Waals surface area contributed by atoms with Crippen LogP contribution >= 0.6 is 0 Å². The molecule has 1 radical (unpaired) electrons. The maximum atomic E-state index is 4.95. The summed E-state index contributed by atoms with van der Waals surface area (Å²) in [6.45, 7) is 8.10. The van der Waals surface area contributed by atoms with E-state index in [9.17, 15) is 0 Å². The van der Waals surface area contributed by atoms with Crippen LogP contribution in [0, 0.1) is 12.8 Å². The molecule has 0 fully saturated rings. The van der Waals surface area contributed by atoms with E-state index >= 15 is 0 Å². The van der Waals surface area contributed by atoms with Crippen LogP contribution in [-0.4, -0.2) is 13.2 Å². The van der Waals surface area contributed by atoms with Gasteiger partial charge in [0.25, 0.3) is 0 Å². The molecule has 0 aliphatic carbocycles. The van der Waals surface area contributed by atoms with Gasteiger partial charge in [-0.2, -0.15) is 0 Å². The van der Waals surface area contributed by atoms with Gasteiger partial charge < -0.3 is 4.74 Å². The van der Waals surface area contributed by atoms with Crippen LogP contribution in [0.3, 0.4) is 0 Å². The first-order valence-corrected chi connectivity index (χ1v) is 3.02. The van der Waals surface area contributed by atoms with E-state index in [-0.39, 0.29) is 6.10 Å². The highest BCUT2D eigenvalue weighted by molar-refractivity contribution is 4.60. The molecule has 0 heterocycles. The number of hydrogen-bond acceptors (Lipinski definition) is 1. The highest BCUT2D eigenvalue weighted by atomic mass is 16.5. The molecule has 1 heteroatoms. The molecule has 0 aromatic rings. The van der Waals surface area contributed by atoms with Crippen LogP contribution < -0.4 is 0 Å². The smallest absolute Gasteiger partial charge is 0.0574 e. The van der Waals surface area contributed by atoms with Crippen LogP contribution in [0.1, 0.15) is 20.3 Å². The van der Waals surface area contributed by atoms with Crippen molar-refractivity contribution in [2.75, 3.05) is 7.11 Å². The molecule has 1 unspecified atom stereocenters. The predicted octanol–water partition coefficient (Wildman–Crippen LogP) is 1.88. The van der Waals surface area contributed by atoms with Gasteiger partial charge in [0.2, 0.25) is 0 Å². The molecule has 1 atom stereocenters. The van der Waals surface area contributed by atoms with Crippen molar-refractivity contribution in [1.82, 2.24) is 0 Å². The van der Waals surface area contributed by atoms with Gasteiger partial charge in [-0.15, -0.1) is 0 Å². The molecule has 0 amide bonds. The van der Waals surface area contributed by atoms with Crippen molar-refractivity contribution in [2.45, 2.75) is 26.4 Å². The number of ether oxygens (including phenoxy) is 1. The molecule has 0 aliphatic heterocycles. The Kier molecular flexibility index (Phi) is 3.88. The molecule has 0 saturated carbocycles. The van der Waals surface area contributed by atoms with Gasteiger partial charge in [-0.05, 0) is 19.3 Å². The third kappa shape index (κ3) is 4.13. The SMILES string of the molecule is [CH2]C(CC(C)C)OC. The van der Waals surface area contributed by atoms with Crippen LogP contribution in [0.5, 0.6) is 0 Å². The summed E-state index contributed by atoms with van der Waals surface area (Å²) in [5.41, 5.74) is 0. The summed E-state index contributed by atoms with van der Waals surface area (Å²) in [7, 11) is 1.69. The number of methoxy groups -OCH3 is 1. The zero-order valence-electron chi connectivity index (χ0n) is 5.98. The van der Waals surface area contributed by atoms with Crippen LogP contribution in [0.15, 0.2) is 0 Å². The van der Waals surface area contributed by atoms with Gasteiger partial charge in [0.15, 0.2) is 0 Å². The fraction of sp³-hybridized carbons (Fsp3) is 0.857. The van der Waals surface area contributed by atoms with Crippen molar-refractivity contribution in [2.24, 2.45) is 5.92 Å². The molecule has 0 aromatic heterocycles. The van der Waals surface area contributed by atoms with E-state index in [0.717, 1.165) is 6.42 Å². The highest BCUT2D eigenvalue weighted by Crippen LogP contribution is 2.04. The van der Waals surface area contributed by atoms with Gasteiger partial charge in [0, 0.05) is 7.11 Å². The summed E-state index contributed by atoms with van der Waals surface area (Å²) < 4.78 is 4.95. The van der Waals surface area contributed by atoms with E-state index in [4.69, 9.17) is 4.74 Å². The van der Waals surface area contributed by atoms with E-state index in [1.54, 1.807) is 7.11 Å². The summed E-state index contributed by atoms with van der Waals surface area (Å²) in [4.78, 5) is 0. The summed E-state index contributed by atoms with van der Waals surface area (Å²) in [5, 5.41) is 0. The summed E-state index contributed by atoms with van der Waals surface area (Å²) in [6, 6.07) is 0. The fourth-order valence-corrected chi connectivity index (χ4v) is 0.622. The maximum Gasteiger partial charge on any atom is 0.0574 e. The van der Waals surface area contributed by atoms with Crippen molar-refractivity contribution < 1.29 is 4.74 Å². The lowest BCUT2D eigenvalue weighted by molar-refractivity contribution is 0.120. The fourth-order valence-electron chi connectivity index (χ4n) is 0.622. The van der Waals surface area contributed by atoms with Crippen molar-refractivity contribution >= 4 is 0 Å². The number of hydrogen-bond donors (Lipinski definition) is 0. The predicted molar refractivity (Wildman–Crippen MR) is 35.6 cm³/mol. The van der Waals surface area contributed by atoms with Gasteiger partial charge in [0.1, 0.15) is 0 Å². The Balaban J connectivity index is 3.10. The average molecular weight is 115 g/mol. The Morgan fingerprint density at radius 2 is 2.00 bits per heavy atom. The Morgan fingerprint density at radius 1 is 1.50 bits per heavy atom. The highest BCUT2D eigenvalue weighted by Gasteiger charge is 2.00. The Bertz CT molecular complexity index is 50.3. The molecule has 0 rings (SSSR count). The Labute approximate surface area is 52.0 Å². The van der Waals surface area contributed by atoms with Crippen molar-refractivity contribution in [3.05, 3.63) is 6.92 Å². The molecule has 0 aliphatic rings. The van der Waals surface area contributed by atoms with Gasteiger partial charge in [0.05, 0.1) is 6.10 Å². The van der Waals surface area contributed by atoms with Gasteiger partial charge in [-0.3, -0.25) is 0 Å². The quantitative estimate of drug-likeness (QED) is 0.545. The average Bonchev–Trinajstić information content (AvgIpc) is 1.65. The van der Waals surface area contributed by atoms with Crippen molar-refractivity contribution in [3.8, 4) is 0 Å². The molecule has 0 saturated heterocycles. The molecule has 0 bridgehead atoms. The second-order valence-electron chi connectivity index (χ2n) is 2.49. The first kappa shape index (κ1) is 7.96. The third-order valence-corrected chi connectivity index (χ3v) is 1.07. The molecular weight excluding hydrogens is 100 g/mol. The van der Waals surface area contributed by atoms with Crippen LogP contribution in [-0.2, 0) is 4.74 Å². The molecular formula is C7H15O. The first-order chi connectivity index (χ1) is 3.66. The standard InChI is InChI=1S/C7H15O/c1-6(2)5-7(3)8-4/h6-7H,3,5H2,1-2,4H3. The lowest BCUT2D eigenvalue weighted by atomic mass is 10.1. The van der Waals surface area contributed by atoms with Gasteiger partial charge in [-0.1, -0.05) is 13.8 Å². The van der Waals surface area contributed by atoms with Gasteiger partial charge >= 0.3 is 0 Å². The minimum absolute atomic E-state index is 0.176. The van der Waals surface area contributed by atoms with E-state index < -0.39 is 0 Å². The second kappa shape index (κ2) is 3.90. The van der Waals surface area contributed by atoms with Crippen molar-refractivity contribution in [1.29, 1.82) is 0 Å². The molecule has 49 valence electrons. The maximum absolute atomic E-state index is 4.95. The van der Waals surface area contributed by atoms with E-state index in [1.807, 2.05) is 0 Å². The normalized spacial score (nSPS) is 14.6. The zero-order chi connectivity index (χ0) is 6.57.